The van der Waals surface area contributed by atoms with E-state index in [1.54, 1.807) is 18.4 Å². The topological polar surface area (TPSA) is 122 Å². The van der Waals surface area contributed by atoms with Crippen LogP contribution in [0.3, 0.4) is 0 Å². The Morgan fingerprint density at radius 2 is 1.75 bits per heavy atom. The Hall–Kier alpha value is -1.71. The summed E-state index contributed by atoms with van der Waals surface area (Å²) in [5, 5.41) is 14.3. The molecule has 7 nitrogen and oxygen atoms in total. The van der Waals surface area contributed by atoms with Gasteiger partial charge in [-0.05, 0) is 17.7 Å². The predicted molar refractivity (Wildman–Crippen MR) is 97.0 cm³/mol. The fourth-order valence-corrected chi connectivity index (χ4v) is 2.16. The van der Waals surface area contributed by atoms with E-state index < -0.39 is 29.9 Å². The highest BCUT2D eigenvalue weighted by Gasteiger charge is 2.25. The monoisotopic (exact) mass is 370 g/mol. The van der Waals surface area contributed by atoms with Crippen molar-refractivity contribution >= 4 is 43.4 Å². The summed E-state index contributed by atoms with van der Waals surface area (Å²) in [6, 6.07) is 3.52. The first-order valence-electron chi connectivity index (χ1n) is 7.14. The predicted octanol–water partition coefficient (Wildman–Crippen LogP) is -0.799. The number of phenolic OH excluding ortho intramolecular Hbond substituents is 1. The van der Waals surface area contributed by atoms with Gasteiger partial charge in [-0.15, -0.1) is 0 Å². The summed E-state index contributed by atoms with van der Waals surface area (Å²) in [7, 11) is 0. The zero-order chi connectivity index (χ0) is 18.1. The van der Waals surface area contributed by atoms with E-state index in [4.69, 9.17) is 5.73 Å². The molecule has 1 radical (unpaired) electrons. The lowest BCUT2D eigenvalue weighted by molar-refractivity contribution is -0.129. The van der Waals surface area contributed by atoms with Gasteiger partial charge in [0.25, 0.3) is 0 Å². The number of thiol groups is 2. The summed E-state index contributed by atoms with van der Waals surface area (Å²) >= 11 is 7.89. The van der Waals surface area contributed by atoms with E-state index in [0.29, 0.717) is 5.56 Å². The molecule has 131 valence electrons. The zero-order valence-corrected chi connectivity index (χ0v) is 14.6. The van der Waals surface area contributed by atoms with Crippen molar-refractivity contribution in [1.29, 1.82) is 0 Å². The quantitative estimate of drug-likeness (QED) is 0.318. The number of benzene rings is 1. The highest BCUT2D eigenvalue weighted by Crippen LogP contribution is 2.11. The van der Waals surface area contributed by atoms with Crippen LogP contribution in [0.1, 0.15) is 5.56 Å². The SMILES string of the molecule is N[C@@H](CS)C(=O)N[C@@H](Cc1ccc(O)cc1)C(=O)N[C@H]([C]=O)CS. The van der Waals surface area contributed by atoms with E-state index in [9.17, 15) is 19.5 Å². The number of aromatic hydroxyl groups is 1. The van der Waals surface area contributed by atoms with Crippen molar-refractivity contribution in [2.45, 2.75) is 24.5 Å². The third-order valence-corrected chi connectivity index (χ3v) is 3.94. The molecule has 24 heavy (non-hydrogen) atoms. The molecule has 2 amide bonds. The number of nitrogens with two attached hydrogens (primary N) is 1. The smallest absolute Gasteiger partial charge is 0.243 e. The van der Waals surface area contributed by atoms with Gasteiger partial charge in [-0.2, -0.15) is 25.3 Å². The van der Waals surface area contributed by atoms with Gasteiger partial charge in [-0.25, -0.2) is 0 Å². The summed E-state index contributed by atoms with van der Waals surface area (Å²) in [5.74, 6) is -0.773. The van der Waals surface area contributed by atoms with E-state index in [-0.39, 0.29) is 23.7 Å². The van der Waals surface area contributed by atoms with Crippen LogP contribution in [0.4, 0.5) is 0 Å². The second-order valence-corrected chi connectivity index (χ2v) is 5.81. The maximum atomic E-state index is 12.3. The molecule has 1 aromatic rings. The van der Waals surface area contributed by atoms with Crippen LogP contribution < -0.4 is 16.4 Å². The Labute approximate surface area is 151 Å². The molecule has 0 bridgehead atoms. The number of amides is 2. The lowest BCUT2D eigenvalue weighted by Crippen LogP contribution is -2.55. The van der Waals surface area contributed by atoms with Gasteiger partial charge in [-0.1, -0.05) is 12.1 Å². The van der Waals surface area contributed by atoms with Crippen molar-refractivity contribution in [1.82, 2.24) is 10.6 Å². The van der Waals surface area contributed by atoms with Crippen LogP contribution in [-0.2, 0) is 20.8 Å². The van der Waals surface area contributed by atoms with Crippen LogP contribution in [0.5, 0.6) is 5.75 Å². The molecule has 0 fully saturated rings. The number of carbonyl (C=O) groups excluding carboxylic acids is 3. The van der Waals surface area contributed by atoms with Gasteiger partial charge < -0.3 is 21.5 Å². The first-order valence-corrected chi connectivity index (χ1v) is 8.41. The second kappa shape index (κ2) is 10.2. The second-order valence-electron chi connectivity index (χ2n) is 5.08. The Morgan fingerprint density at radius 1 is 1.12 bits per heavy atom. The Morgan fingerprint density at radius 3 is 2.25 bits per heavy atom. The Balaban J connectivity index is 2.88. The standard InChI is InChI=1S/C15H20N3O4S2/c16-12(8-24)14(21)18-13(15(22)17-10(6-19)7-23)5-9-1-3-11(20)4-2-9/h1-4,10,12-13,20,23-24H,5,7-8,16H2,(H,17,22)(H,18,21)/t10-,12+,13+/m1/s1. The third kappa shape index (κ3) is 6.42. The molecule has 0 unspecified atom stereocenters. The first-order chi connectivity index (χ1) is 11.4. The van der Waals surface area contributed by atoms with Gasteiger partial charge in [0.2, 0.25) is 18.1 Å². The van der Waals surface area contributed by atoms with Gasteiger partial charge in [0.1, 0.15) is 17.8 Å². The van der Waals surface area contributed by atoms with Crippen LogP contribution >= 0.6 is 25.3 Å². The molecule has 1 rings (SSSR count). The maximum Gasteiger partial charge on any atom is 0.243 e. The van der Waals surface area contributed by atoms with Crippen LogP contribution in [-0.4, -0.2) is 52.8 Å². The highest BCUT2D eigenvalue weighted by atomic mass is 32.1. The van der Waals surface area contributed by atoms with Gasteiger partial charge >= 0.3 is 0 Å². The number of hydrogen-bond acceptors (Lipinski definition) is 7. The van der Waals surface area contributed by atoms with Crippen molar-refractivity contribution in [3.8, 4) is 5.75 Å². The molecule has 0 aromatic heterocycles. The number of hydrogen-bond donors (Lipinski definition) is 6. The summed E-state index contributed by atoms with van der Waals surface area (Å²) in [6.07, 6.45) is 1.82. The van der Waals surface area contributed by atoms with Crippen LogP contribution in [0, 0.1) is 0 Å². The van der Waals surface area contributed by atoms with Gasteiger partial charge in [0.15, 0.2) is 0 Å². The normalized spacial score (nSPS) is 14.3. The van der Waals surface area contributed by atoms with Crippen molar-refractivity contribution in [2.75, 3.05) is 11.5 Å². The lowest BCUT2D eigenvalue weighted by Gasteiger charge is -2.21. The van der Waals surface area contributed by atoms with E-state index in [0.717, 1.165) is 0 Å². The van der Waals surface area contributed by atoms with E-state index >= 15 is 0 Å². The highest BCUT2D eigenvalue weighted by molar-refractivity contribution is 7.80. The van der Waals surface area contributed by atoms with Crippen molar-refractivity contribution < 1.29 is 19.5 Å². The first kappa shape index (κ1) is 20.3. The van der Waals surface area contributed by atoms with Gasteiger partial charge in [-0.3, -0.25) is 14.4 Å². The Kier molecular flexibility index (Phi) is 8.66. The molecule has 0 aliphatic carbocycles. The Bertz CT molecular complexity index is 568. The van der Waals surface area contributed by atoms with E-state index in [1.165, 1.54) is 12.1 Å². The summed E-state index contributed by atoms with van der Waals surface area (Å²) < 4.78 is 0. The number of rotatable bonds is 9. The van der Waals surface area contributed by atoms with Crippen molar-refractivity contribution in [2.24, 2.45) is 5.73 Å². The molecular weight excluding hydrogens is 350 g/mol. The molecule has 9 heteroatoms. The fraction of sp³-hybridized carbons (Fsp3) is 0.400. The maximum absolute atomic E-state index is 12.3. The minimum Gasteiger partial charge on any atom is -0.508 e. The van der Waals surface area contributed by atoms with E-state index in [1.807, 2.05) is 0 Å². The van der Waals surface area contributed by atoms with Gasteiger partial charge in [0, 0.05) is 17.9 Å². The summed E-state index contributed by atoms with van der Waals surface area (Å²) in [6.45, 7) is 0. The summed E-state index contributed by atoms with van der Waals surface area (Å²) in [5.41, 5.74) is 6.32. The van der Waals surface area contributed by atoms with Crippen LogP contribution in [0.25, 0.3) is 0 Å². The molecule has 0 aliphatic rings. The number of phenols is 1. The molecule has 0 saturated heterocycles. The molecule has 5 N–H and O–H groups in total. The minimum atomic E-state index is -0.941. The average molecular weight is 370 g/mol. The molecule has 0 aliphatic heterocycles. The largest absolute Gasteiger partial charge is 0.508 e. The molecule has 0 saturated carbocycles. The lowest BCUT2D eigenvalue weighted by atomic mass is 10.0. The van der Waals surface area contributed by atoms with Crippen molar-refractivity contribution in [3.05, 3.63) is 29.8 Å². The summed E-state index contributed by atoms with van der Waals surface area (Å²) in [4.78, 5) is 35.0. The minimum absolute atomic E-state index is 0.0886. The van der Waals surface area contributed by atoms with E-state index in [2.05, 4.69) is 35.9 Å². The molecule has 0 spiro atoms. The molecule has 3 atom stereocenters. The van der Waals surface area contributed by atoms with Crippen LogP contribution in [0.15, 0.2) is 24.3 Å². The number of nitrogens with one attached hydrogen (secondary N) is 2. The van der Waals surface area contributed by atoms with Crippen LogP contribution in [0.2, 0.25) is 0 Å². The zero-order valence-electron chi connectivity index (χ0n) is 12.8. The van der Waals surface area contributed by atoms with Gasteiger partial charge in [0.05, 0.1) is 6.04 Å². The molecule has 1 aromatic carbocycles. The number of carbonyl (C=O) groups is 2. The average Bonchev–Trinajstić information content (AvgIpc) is 2.59. The fourth-order valence-electron chi connectivity index (χ4n) is 1.82. The molecular formula is C15H20N3O4S2. The third-order valence-electron chi connectivity index (χ3n) is 3.18. The molecule has 0 heterocycles. The van der Waals surface area contributed by atoms with Crippen molar-refractivity contribution in [3.63, 3.8) is 0 Å².